The van der Waals surface area contributed by atoms with Gasteiger partial charge in [0.2, 0.25) is 0 Å². The molecule has 2 N–H and O–H groups in total. The van der Waals surface area contributed by atoms with Gasteiger partial charge < -0.3 is 10.5 Å². The highest BCUT2D eigenvalue weighted by atomic mass is 35.5. The van der Waals surface area contributed by atoms with Crippen LogP contribution in [0.15, 0.2) is 30.5 Å². The zero-order chi connectivity index (χ0) is 15.9. The summed E-state index contributed by atoms with van der Waals surface area (Å²) in [7, 11) is 0. The third-order valence-corrected chi connectivity index (χ3v) is 3.79. The van der Waals surface area contributed by atoms with Crippen LogP contribution < -0.4 is 10.5 Å². The monoisotopic (exact) mass is 336 g/mol. The van der Waals surface area contributed by atoms with Crippen molar-refractivity contribution >= 4 is 34.5 Å². The average molecular weight is 337 g/mol. The second kappa shape index (κ2) is 5.66. The first-order chi connectivity index (χ1) is 10.5. The van der Waals surface area contributed by atoms with Crippen LogP contribution in [0.3, 0.4) is 0 Å². The van der Waals surface area contributed by atoms with Crippen molar-refractivity contribution in [3.63, 3.8) is 0 Å². The van der Waals surface area contributed by atoms with E-state index in [9.17, 15) is 0 Å². The molecule has 0 fully saturated rings. The van der Waals surface area contributed by atoms with Gasteiger partial charge in [0, 0.05) is 11.2 Å². The fourth-order valence-electron chi connectivity index (χ4n) is 2.27. The molecule has 0 bridgehead atoms. The second-order valence-electron chi connectivity index (χ2n) is 5.06. The predicted octanol–water partition coefficient (Wildman–Crippen LogP) is 4.07. The number of hydrogen-bond acceptors (Lipinski definition) is 4. The molecule has 2 aromatic heterocycles. The third kappa shape index (κ3) is 2.69. The van der Waals surface area contributed by atoms with Crippen molar-refractivity contribution < 1.29 is 4.74 Å². The van der Waals surface area contributed by atoms with E-state index < -0.39 is 0 Å². The SMILES string of the molecule is Cc1cc(N)c2nnc(C(C)Oc3ccc(Cl)cc3Cl)n2c1. The summed E-state index contributed by atoms with van der Waals surface area (Å²) in [6, 6.07) is 6.94. The number of fused-ring (bicyclic) bond motifs is 1. The summed E-state index contributed by atoms with van der Waals surface area (Å²) in [5.41, 5.74) is 8.17. The van der Waals surface area contributed by atoms with Gasteiger partial charge in [-0.3, -0.25) is 4.40 Å². The summed E-state index contributed by atoms with van der Waals surface area (Å²) in [4.78, 5) is 0. The van der Waals surface area contributed by atoms with Gasteiger partial charge in [-0.25, -0.2) is 0 Å². The van der Waals surface area contributed by atoms with Crippen molar-refractivity contribution in [1.82, 2.24) is 14.6 Å². The molecule has 22 heavy (non-hydrogen) atoms. The molecule has 5 nitrogen and oxygen atoms in total. The van der Waals surface area contributed by atoms with E-state index in [0.717, 1.165) is 5.56 Å². The van der Waals surface area contributed by atoms with E-state index in [2.05, 4.69) is 10.2 Å². The topological polar surface area (TPSA) is 65.4 Å². The minimum atomic E-state index is -0.352. The van der Waals surface area contributed by atoms with Gasteiger partial charge >= 0.3 is 0 Å². The number of pyridine rings is 1. The van der Waals surface area contributed by atoms with E-state index in [-0.39, 0.29) is 6.10 Å². The van der Waals surface area contributed by atoms with E-state index in [0.29, 0.717) is 33.0 Å². The maximum Gasteiger partial charge on any atom is 0.184 e. The molecule has 1 aromatic carbocycles. The smallest absolute Gasteiger partial charge is 0.184 e. The molecular formula is C15H14Cl2N4O. The van der Waals surface area contributed by atoms with Crippen LogP contribution in [0.4, 0.5) is 5.69 Å². The Hall–Kier alpha value is -1.98. The summed E-state index contributed by atoms with van der Waals surface area (Å²) in [6.07, 6.45) is 1.57. The van der Waals surface area contributed by atoms with Gasteiger partial charge in [-0.1, -0.05) is 23.2 Å². The van der Waals surface area contributed by atoms with Crippen molar-refractivity contribution in [2.45, 2.75) is 20.0 Å². The molecule has 0 spiro atoms. The molecule has 7 heteroatoms. The zero-order valence-corrected chi connectivity index (χ0v) is 13.6. The van der Waals surface area contributed by atoms with E-state index in [1.807, 2.05) is 30.5 Å². The van der Waals surface area contributed by atoms with Gasteiger partial charge in [0.1, 0.15) is 5.75 Å². The Morgan fingerprint density at radius 1 is 1.23 bits per heavy atom. The van der Waals surface area contributed by atoms with Gasteiger partial charge in [-0.15, -0.1) is 10.2 Å². The van der Waals surface area contributed by atoms with Crippen LogP contribution in [-0.4, -0.2) is 14.6 Å². The fourth-order valence-corrected chi connectivity index (χ4v) is 2.72. The summed E-state index contributed by atoms with van der Waals surface area (Å²) in [5, 5.41) is 9.30. The van der Waals surface area contributed by atoms with Crippen molar-refractivity contribution in [1.29, 1.82) is 0 Å². The number of nitrogens with two attached hydrogens (primary N) is 1. The van der Waals surface area contributed by atoms with Crippen molar-refractivity contribution in [3.05, 3.63) is 51.9 Å². The lowest BCUT2D eigenvalue weighted by Gasteiger charge is -2.14. The van der Waals surface area contributed by atoms with Crippen LogP contribution in [-0.2, 0) is 0 Å². The van der Waals surface area contributed by atoms with E-state index in [1.54, 1.807) is 18.2 Å². The minimum absolute atomic E-state index is 0.352. The number of nitrogens with zero attached hydrogens (tertiary/aromatic N) is 3. The van der Waals surface area contributed by atoms with Gasteiger partial charge in [0.15, 0.2) is 17.6 Å². The lowest BCUT2D eigenvalue weighted by molar-refractivity contribution is 0.215. The molecule has 0 saturated heterocycles. The molecule has 0 amide bonds. The molecule has 0 aliphatic heterocycles. The van der Waals surface area contributed by atoms with Crippen LogP contribution in [0.1, 0.15) is 24.4 Å². The first-order valence-corrected chi connectivity index (χ1v) is 7.44. The molecule has 1 atom stereocenters. The van der Waals surface area contributed by atoms with Gasteiger partial charge in [0.25, 0.3) is 0 Å². The van der Waals surface area contributed by atoms with Gasteiger partial charge in [-0.2, -0.15) is 0 Å². The molecule has 3 aromatic rings. The number of halogens is 2. The number of benzene rings is 1. The van der Waals surface area contributed by atoms with Gasteiger partial charge in [-0.05, 0) is 43.7 Å². The largest absolute Gasteiger partial charge is 0.481 e. The molecule has 2 heterocycles. The molecule has 0 saturated carbocycles. The number of aromatic nitrogens is 3. The zero-order valence-electron chi connectivity index (χ0n) is 12.0. The Labute approximate surface area is 137 Å². The first-order valence-electron chi connectivity index (χ1n) is 6.68. The molecule has 0 radical (unpaired) electrons. The number of ether oxygens (including phenoxy) is 1. The van der Waals surface area contributed by atoms with Crippen LogP contribution >= 0.6 is 23.2 Å². The van der Waals surface area contributed by atoms with Crippen molar-refractivity contribution in [3.8, 4) is 5.75 Å². The Kier molecular flexibility index (Phi) is 3.85. The van der Waals surface area contributed by atoms with Crippen LogP contribution in [0.5, 0.6) is 5.75 Å². The van der Waals surface area contributed by atoms with Crippen LogP contribution in [0.2, 0.25) is 10.0 Å². The highest BCUT2D eigenvalue weighted by molar-refractivity contribution is 6.35. The third-order valence-electron chi connectivity index (χ3n) is 3.26. The lowest BCUT2D eigenvalue weighted by atomic mass is 10.2. The molecule has 114 valence electrons. The van der Waals surface area contributed by atoms with E-state index >= 15 is 0 Å². The van der Waals surface area contributed by atoms with E-state index in [1.165, 1.54) is 0 Å². The molecular weight excluding hydrogens is 323 g/mol. The Balaban J connectivity index is 1.97. The summed E-state index contributed by atoms with van der Waals surface area (Å²) < 4.78 is 7.71. The predicted molar refractivity (Wildman–Crippen MR) is 87.6 cm³/mol. The van der Waals surface area contributed by atoms with E-state index in [4.69, 9.17) is 33.7 Å². The maximum absolute atomic E-state index is 6.13. The van der Waals surface area contributed by atoms with Crippen molar-refractivity contribution in [2.24, 2.45) is 0 Å². The number of anilines is 1. The number of rotatable bonds is 3. The van der Waals surface area contributed by atoms with Gasteiger partial charge in [0.05, 0.1) is 10.7 Å². The Morgan fingerprint density at radius 3 is 2.73 bits per heavy atom. The highest BCUT2D eigenvalue weighted by Gasteiger charge is 2.18. The quantitative estimate of drug-likeness (QED) is 0.782. The summed E-state index contributed by atoms with van der Waals surface area (Å²) >= 11 is 12.0. The number of aryl methyl sites for hydroxylation is 1. The molecule has 3 rings (SSSR count). The number of nitrogen functional groups attached to an aromatic ring is 1. The second-order valence-corrected chi connectivity index (χ2v) is 5.90. The van der Waals surface area contributed by atoms with Crippen LogP contribution in [0, 0.1) is 6.92 Å². The maximum atomic E-state index is 6.13. The summed E-state index contributed by atoms with van der Waals surface area (Å²) in [6.45, 7) is 3.83. The molecule has 0 aliphatic carbocycles. The standard InChI is InChI=1S/C15H14Cl2N4O/c1-8-5-12(18)15-20-19-14(21(15)7-8)9(2)22-13-4-3-10(16)6-11(13)17/h3-7,9H,18H2,1-2H3. The lowest BCUT2D eigenvalue weighted by Crippen LogP contribution is -2.08. The van der Waals surface area contributed by atoms with Crippen LogP contribution in [0.25, 0.3) is 5.65 Å². The minimum Gasteiger partial charge on any atom is -0.481 e. The first kappa shape index (κ1) is 14.9. The molecule has 0 aliphatic rings. The fraction of sp³-hybridized carbons (Fsp3) is 0.200. The van der Waals surface area contributed by atoms with Crippen molar-refractivity contribution in [2.75, 3.05) is 5.73 Å². The molecule has 1 unspecified atom stereocenters. The Bertz CT molecular complexity index is 847. The average Bonchev–Trinajstić information content (AvgIpc) is 2.86. The number of hydrogen-bond donors (Lipinski definition) is 1. The Morgan fingerprint density at radius 2 is 2.00 bits per heavy atom. The highest BCUT2D eigenvalue weighted by Crippen LogP contribution is 2.31. The summed E-state index contributed by atoms with van der Waals surface area (Å²) in [5.74, 6) is 1.19. The normalized spacial score (nSPS) is 12.5.